The Hall–Kier alpha value is -1.59. The number of carbonyl (C=O) groups excluding carboxylic acids is 3. The molecule has 4 bridgehead atoms. The molecule has 0 aromatic carbocycles. The molecule has 3 amide bonds. The lowest BCUT2D eigenvalue weighted by atomic mass is 9.49. The molecule has 0 aromatic heterocycles. The van der Waals surface area contributed by atoms with Crippen molar-refractivity contribution in [2.45, 2.75) is 44.9 Å². The van der Waals surface area contributed by atoms with Crippen LogP contribution in [0.2, 0.25) is 0 Å². The van der Waals surface area contributed by atoms with Gasteiger partial charge < -0.3 is 15.1 Å². The predicted molar refractivity (Wildman–Crippen MR) is 94.9 cm³/mol. The van der Waals surface area contributed by atoms with Gasteiger partial charge in [-0.05, 0) is 56.3 Å². The Bertz CT molecular complexity index is 603. The lowest BCUT2D eigenvalue weighted by molar-refractivity contribution is -0.161. The number of amides is 3. The fourth-order valence-electron chi connectivity index (χ4n) is 6.88. The van der Waals surface area contributed by atoms with Crippen LogP contribution >= 0.6 is 0 Å². The van der Waals surface area contributed by atoms with Gasteiger partial charge in [0.05, 0.1) is 11.3 Å². The van der Waals surface area contributed by atoms with Gasteiger partial charge in [-0.3, -0.25) is 14.4 Å². The van der Waals surface area contributed by atoms with Gasteiger partial charge in [-0.15, -0.1) is 0 Å². The summed E-state index contributed by atoms with van der Waals surface area (Å²) >= 11 is 0. The summed E-state index contributed by atoms with van der Waals surface area (Å²) in [5, 5.41) is 2.74. The van der Waals surface area contributed by atoms with Crippen LogP contribution in [0.1, 0.15) is 44.9 Å². The molecule has 0 aromatic rings. The zero-order valence-corrected chi connectivity index (χ0v) is 15.4. The largest absolute Gasteiger partial charge is 0.355 e. The Morgan fingerprint density at radius 3 is 1.92 bits per heavy atom. The lowest BCUT2D eigenvalue weighted by Gasteiger charge is -2.57. The molecule has 2 aliphatic heterocycles. The zero-order valence-electron chi connectivity index (χ0n) is 15.4. The number of hydrogen-bond acceptors (Lipinski definition) is 3. The van der Waals surface area contributed by atoms with Gasteiger partial charge in [0, 0.05) is 39.1 Å². The first-order valence-corrected chi connectivity index (χ1v) is 10.4. The first kappa shape index (κ1) is 16.6. The molecule has 6 aliphatic rings. The molecule has 142 valence electrons. The molecule has 1 unspecified atom stereocenters. The van der Waals surface area contributed by atoms with E-state index in [0.717, 1.165) is 37.0 Å². The monoisotopic (exact) mass is 359 g/mol. The molecule has 1 atom stereocenters. The van der Waals surface area contributed by atoms with Gasteiger partial charge in [0.15, 0.2) is 0 Å². The van der Waals surface area contributed by atoms with Crippen molar-refractivity contribution in [1.82, 2.24) is 15.1 Å². The highest BCUT2D eigenvalue weighted by atomic mass is 16.2. The highest BCUT2D eigenvalue weighted by Gasteiger charge is 2.55. The van der Waals surface area contributed by atoms with Crippen molar-refractivity contribution < 1.29 is 14.4 Å². The van der Waals surface area contributed by atoms with Crippen LogP contribution in [-0.4, -0.2) is 60.2 Å². The molecule has 6 nitrogen and oxygen atoms in total. The first-order valence-electron chi connectivity index (χ1n) is 10.4. The molecule has 6 heteroatoms. The van der Waals surface area contributed by atoms with E-state index in [1.54, 1.807) is 0 Å². The highest BCUT2D eigenvalue weighted by molar-refractivity contribution is 5.89. The van der Waals surface area contributed by atoms with E-state index in [4.69, 9.17) is 0 Å². The molecule has 4 saturated carbocycles. The molecule has 26 heavy (non-hydrogen) atoms. The van der Waals surface area contributed by atoms with Crippen LogP contribution in [0.3, 0.4) is 0 Å². The maximum atomic E-state index is 13.4. The van der Waals surface area contributed by atoms with E-state index >= 15 is 0 Å². The zero-order chi connectivity index (χ0) is 17.9. The Morgan fingerprint density at radius 2 is 1.42 bits per heavy atom. The highest BCUT2D eigenvalue weighted by Crippen LogP contribution is 2.60. The molecule has 6 fully saturated rings. The fourth-order valence-corrected chi connectivity index (χ4v) is 6.88. The maximum Gasteiger partial charge on any atom is 0.228 e. The predicted octanol–water partition coefficient (Wildman–Crippen LogP) is 1.01. The third-order valence-corrected chi connectivity index (χ3v) is 7.70. The van der Waals surface area contributed by atoms with E-state index < -0.39 is 0 Å². The van der Waals surface area contributed by atoms with Crippen LogP contribution in [0, 0.1) is 29.1 Å². The number of hydrogen-bond donors (Lipinski definition) is 1. The number of rotatable bonds is 2. The summed E-state index contributed by atoms with van der Waals surface area (Å²) < 4.78 is 0. The Kier molecular flexibility index (Phi) is 3.80. The average molecular weight is 359 g/mol. The van der Waals surface area contributed by atoms with Crippen molar-refractivity contribution in [3.05, 3.63) is 0 Å². The van der Waals surface area contributed by atoms with Gasteiger partial charge in [0.25, 0.3) is 0 Å². The standard InChI is InChI=1S/C20H29N3O3/c24-17-8-16(12-21-17)18(25)22-1-3-23(4-2-22)19(26)20-9-13-5-14(10-20)7-15(6-13)11-20/h13-16H,1-12H2,(H,21,24). The number of piperazine rings is 1. The smallest absolute Gasteiger partial charge is 0.228 e. The van der Waals surface area contributed by atoms with Crippen molar-refractivity contribution in [2.24, 2.45) is 29.1 Å². The van der Waals surface area contributed by atoms with Crippen molar-refractivity contribution in [3.8, 4) is 0 Å². The van der Waals surface area contributed by atoms with E-state index in [0.29, 0.717) is 45.1 Å². The third-order valence-electron chi connectivity index (χ3n) is 7.70. The third kappa shape index (κ3) is 2.64. The second-order valence-electron chi connectivity index (χ2n) is 9.52. The van der Waals surface area contributed by atoms with Gasteiger partial charge in [-0.25, -0.2) is 0 Å². The van der Waals surface area contributed by atoms with E-state index in [2.05, 4.69) is 5.32 Å². The summed E-state index contributed by atoms with van der Waals surface area (Å²) in [4.78, 5) is 41.2. The molecule has 0 spiro atoms. The van der Waals surface area contributed by atoms with Crippen molar-refractivity contribution in [1.29, 1.82) is 0 Å². The second kappa shape index (κ2) is 5.96. The first-order chi connectivity index (χ1) is 12.5. The van der Waals surface area contributed by atoms with Gasteiger partial charge in [0.2, 0.25) is 17.7 Å². The summed E-state index contributed by atoms with van der Waals surface area (Å²) in [7, 11) is 0. The summed E-state index contributed by atoms with van der Waals surface area (Å²) in [5.74, 6) is 2.54. The molecular weight excluding hydrogens is 330 g/mol. The Labute approximate surface area is 154 Å². The SMILES string of the molecule is O=C1CC(C(=O)N2CCN(C(=O)C34CC5CC(CC(C5)C3)C4)CC2)CN1. The molecule has 0 radical (unpaired) electrons. The fraction of sp³-hybridized carbons (Fsp3) is 0.850. The van der Waals surface area contributed by atoms with E-state index in [1.807, 2.05) is 9.80 Å². The maximum absolute atomic E-state index is 13.4. The van der Waals surface area contributed by atoms with Crippen molar-refractivity contribution >= 4 is 17.7 Å². The van der Waals surface area contributed by atoms with Gasteiger partial charge in [-0.2, -0.15) is 0 Å². The lowest BCUT2D eigenvalue weighted by Crippen LogP contribution is -2.59. The van der Waals surface area contributed by atoms with Crippen LogP contribution in [0.4, 0.5) is 0 Å². The minimum absolute atomic E-state index is 0.0287. The molecule has 6 rings (SSSR count). The summed E-state index contributed by atoms with van der Waals surface area (Å²) in [5.41, 5.74) is -0.0806. The van der Waals surface area contributed by atoms with Gasteiger partial charge in [-0.1, -0.05) is 0 Å². The molecule has 1 N–H and O–H groups in total. The molecule has 2 heterocycles. The molecular formula is C20H29N3O3. The minimum Gasteiger partial charge on any atom is -0.355 e. The van der Waals surface area contributed by atoms with E-state index in [-0.39, 0.29) is 23.1 Å². The van der Waals surface area contributed by atoms with Gasteiger partial charge >= 0.3 is 0 Å². The number of carbonyl (C=O) groups is 3. The molecule has 2 saturated heterocycles. The van der Waals surface area contributed by atoms with Crippen molar-refractivity contribution in [2.75, 3.05) is 32.7 Å². The van der Waals surface area contributed by atoms with Crippen molar-refractivity contribution in [3.63, 3.8) is 0 Å². The van der Waals surface area contributed by atoms with E-state index in [9.17, 15) is 14.4 Å². The summed E-state index contributed by atoms with van der Waals surface area (Å²) in [6.07, 6.45) is 7.67. The Balaban J connectivity index is 1.21. The summed E-state index contributed by atoms with van der Waals surface area (Å²) in [6.45, 7) is 2.99. The van der Waals surface area contributed by atoms with Crippen LogP contribution in [-0.2, 0) is 14.4 Å². The molecule has 4 aliphatic carbocycles. The normalized spacial score (nSPS) is 41.5. The van der Waals surface area contributed by atoms with Crippen LogP contribution in [0.5, 0.6) is 0 Å². The number of nitrogens with one attached hydrogen (secondary N) is 1. The summed E-state index contributed by atoms with van der Waals surface area (Å²) in [6, 6.07) is 0. The quantitative estimate of drug-likeness (QED) is 0.800. The van der Waals surface area contributed by atoms with E-state index in [1.165, 1.54) is 19.3 Å². The topological polar surface area (TPSA) is 69.7 Å². The second-order valence-corrected chi connectivity index (χ2v) is 9.52. The average Bonchev–Trinajstić information content (AvgIpc) is 3.06. The minimum atomic E-state index is -0.215. The van der Waals surface area contributed by atoms with Crippen LogP contribution in [0.15, 0.2) is 0 Å². The number of nitrogens with zero attached hydrogens (tertiary/aromatic N) is 2. The van der Waals surface area contributed by atoms with Gasteiger partial charge in [0.1, 0.15) is 0 Å². The Morgan fingerprint density at radius 1 is 0.885 bits per heavy atom. The van der Waals surface area contributed by atoms with Crippen LogP contribution in [0.25, 0.3) is 0 Å². The van der Waals surface area contributed by atoms with Crippen LogP contribution < -0.4 is 5.32 Å².